The minimum absolute atomic E-state index is 0.142. The van der Waals surface area contributed by atoms with Gasteiger partial charge in [0, 0.05) is 19.7 Å². The van der Waals surface area contributed by atoms with E-state index in [1.54, 1.807) is 7.11 Å². The fraction of sp³-hybridized carbons (Fsp3) is 1.00. The summed E-state index contributed by atoms with van der Waals surface area (Å²) in [6.45, 7) is 6.24. The molecule has 0 aromatic rings. The van der Waals surface area contributed by atoms with Crippen molar-refractivity contribution in [1.29, 1.82) is 0 Å². The normalized spacial score (nSPS) is 16.4. The minimum atomic E-state index is -3.34. The Morgan fingerprint density at radius 1 is 1.38 bits per heavy atom. The Kier molecular flexibility index (Phi) is 7.14. The van der Waals surface area contributed by atoms with Crippen molar-refractivity contribution < 1.29 is 13.2 Å². The van der Waals surface area contributed by atoms with Crippen molar-refractivity contribution in [2.45, 2.75) is 38.5 Å². The zero-order chi connectivity index (χ0) is 12.8. The molecular formula is C10H24N2O3S. The second-order valence-corrected chi connectivity index (χ2v) is 6.23. The molecule has 0 spiro atoms. The highest BCUT2D eigenvalue weighted by Crippen LogP contribution is 2.08. The van der Waals surface area contributed by atoms with Gasteiger partial charge in [-0.15, -0.1) is 0 Å². The maximum Gasteiger partial charge on any atom is 0.216 e. The summed E-state index contributed by atoms with van der Waals surface area (Å²) in [6, 6.07) is -0.199. The van der Waals surface area contributed by atoms with Crippen LogP contribution in [0, 0.1) is 5.92 Å². The van der Waals surface area contributed by atoms with E-state index in [0.717, 1.165) is 0 Å². The number of ether oxygens (including phenoxy) is 1. The topological polar surface area (TPSA) is 81.4 Å². The lowest BCUT2D eigenvalue weighted by Gasteiger charge is -2.24. The molecule has 0 heterocycles. The van der Waals surface area contributed by atoms with Crippen molar-refractivity contribution in [1.82, 2.24) is 4.72 Å². The third-order valence-corrected chi connectivity index (χ3v) is 4.66. The van der Waals surface area contributed by atoms with Crippen LogP contribution in [0.25, 0.3) is 0 Å². The Morgan fingerprint density at radius 3 is 2.25 bits per heavy atom. The van der Waals surface area contributed by atoms with Crippen LogP contribution in [-0.2, 0) is 14.8 Å². The van der Waals surface area contributed by atoms with Crippen LogP contribution >= 0.6 is 0 Å². The van der Waals surface area contributed by atoms with Crippen molar-refractivity contribution in [3.05, 3.63) is 0 Å². The lowest BCUT2D eigenvalue weighted by molar-refractivity contribution is 0.157. The van der Waals surface area contributed by atoms with Crippen LogP contribution in [0.3, 0.4) is 0 Å². The van der Waals surface area contributed by atoms with E-state index in [0.29, 0.717) is 13.0 Å². The van der Waals surface area contributed by atoms with E-state index in [-0.39, 0.29) is 18.5 Å². The highest BCUT2D eigenvalue weighted by Gasteiger charge is 2.26. The first-order chi connectivity index (χ1) is 7.38. The molecule has 0 aliphatic heterocycles. The van der Waals surface area contributed by atoms with E-state index in [1.807, 2.05) is 20.8 Å². The lowest BCUT2D eigenvalue weighted by atomic mass is 10.1. The molecule has 0 aliphatic rings. The molecule has 0 radical (unpaired) electrons. The van der Waals surface area contributed by atoms with Gasteiger partial charge in [-0.25, -0.2) is 13.1 Å². The van der Waals surface area contributed by atoms with E-state index in [2.05, 4.69) is 4.72 Å². The average molecular weight is 252 g/mol. The summed E-state index contributed by atoms with van der Waals surface area (Å²) in [5, 5.41) is -0.523. The lowest BCUT2D eigenvalue weighted by Crippen LogP contribution is -2.47. The molecule has 3 N–H and O–H groups in total. The molecule has 0 fully saturated rings. The first kappa shape index (κ1) is 15.8. The molecule has 16 heavy (non-hydrogen) atoms. The third kappa shape index (κ3) is 4.78. The quantitative estimate of drug-likeness (QED) is 0.651. The van der Waals surface area contributed by atoms with E-state index >= 15 is 0 Å². The summed E-state index contributed by atoms with van der Waals surface area (Å²) < 4.78 is 31.5. The first-order valence-corrected chi connectivity index (χ1v) is 7.13. The van der Waals surface area contributed by atoms with Crippen molar-refractivity contribution in [3.63, 3.8) is 0 Å². The van der Waals surface area contributed by atoms with Gasteiger partial charge in [-0.2, -0.15) is 0 Å². The van der Waals surface area contributed by atoms with Crippen LogP contribution in [0.5, 0.6) is 0 Å². The Balaban J connectivity index is 4.64. The van der Waals surface area contributed by atoms with Gasteiger partial charge >= 0.3 is 0 Å². The second kappa shape index (κ2) is 7.21. The number of nitrogens with one attached hydrogen (secondary N) is 1. The van der Waals surface area contributed by atoms with Crippen LogP contribution in [-0.4, -0.2) is 40.0 Å². The van der Waals surface area contributed by atoms with Crippen LogP contribution in [0.2, 0.25) is 0 Å². The standard InChI is InChI=1S/C10H24N2O3S/c1-5-9(6-11)16(13,14)12-10(7-15-4)8(2)3/h8-10,12H,5-7,11H2,1-4H3. The summed E-state index contributed by atoms with van der Waals surface area (Å²) >= 11 is 0. The number of hydrogen-bond acceptors (Lipinski definition) is 4. The number of methoxy groups -OCH3 is 1. The molecule has 0 amide bonds. The van der Waals surface area contributed by atoms with Gasteiger partial charge in [0.2, 0.25) is 10.0 Å². The summed E-state index contributed by atoms with van der Waals surface area (Å²) in [6.07, 6.45) is 0.517. The Labute approximate surface area is 98.8 Å². The number of rotatable bonds is 8. The first-order valence-electron chi connectivity index (χ1n) is 5.59. The molecule has 0 saturated heterocycles. The Hall–Kier alpha value is -0.170. The summed E-state index contributed by atoms with van der Waals surface area (Å²) in [5.41, 5.74) is 5.44. The molecule has 2 unspecified atom stereocenters. The van der Waals surface area contributed by atoms with Gasteiger partial charge in [-0.1, -0.05) is 20.8 Å². The van der Waals surface area contributed by atoms with Gasteiger partial charge in [0.05, 0.1) is 11.9 Å². The smallest absolute Gasteiger partial charge is 0.216 e. The maximum absolute atomic E-state index is 11.9. The van der Waals surface area contributed by atoms with Crippen LogP contribution in [0.15, 0.2) is 0 Å². The largest absolute Gasteiger partial charge is 0.383 e. The fourth-order valence-electron chi connectivity index (χ4n) is 1.36. The van der Waals surface area contributed by atoms with E-state index in [1.165, 1.54) is 0 Å². The molecule has 0 aliphatic carbocycles. The molecule has 6 heteroatoms. The van der Waals surface area contributed by atoms with E-state index in [9.17, 15) is 8.42 Å². The number of nitrogens with two attached hydrogens (primary N) is 1. The molecule has 0 aromatic carbocycles. The highest BCUT2D eigenvalue weighted by atomic mass is 32.2. The van der Waals surface area contributed by atoms with Gasteiger partial charge < -0.3 is 10.5 Å². The molecule has 98 valence electrons. The van der Waals surface area contributed by atoms with Crippen LogP contribution in [0.1, 0.15) is 27.2 Å². The van der Waals surface area contributed by atoms with Crippen molar-refractivity contribution >= 4 is 10.0 Å². The fourth-order valence-corrected chi connectivity index (χ4v) is 3.01. The minimum Gasteiger partial charge on any atom is -0.383 e. The Morgan fingerprint density at radius 2 is 1.94 bits per heavy atom. The molecule has 0 rings (SSSR count). The zero-order valence-electron chi connectivity index (χ0n) is 10.6. The second-order valence-electron chi connectivity index (χ2n) is 4.23. The van der Waals surface area contributed by atoms with Gasteiger partial charge in [0.15, 0.2) is 0 Å². The molecule has 0 aromatic heterocycles. The molecule has 5 nitrogen and oxygen atoms in total. The summed E-state index contributed by atoms with van der Waals surface area (Å²) in [4.78, 5) is 0. The van der Waals surface area contributed by atoms with E-state index in [4.69, 9.17) is 10.5 Å². The van der Waals surface area contributed by atoms with Crippen molar-refractivity contribution in [3.8, 4) is 0 Å². The predicted octanol–water partition coefficient (Wildman–Crippen LogP) is 0.314. The van der Waals surface area contributed by atoms with Gasteiger partial charge in [0.25, 0.3) is 0 Å². The van der Waals surface area contributed by atoms with Crippen LogP contribution in [0.4, 0.5) is 0 Å². The van der Waals surface area contributed by atoms with Gasteiger partial charge in [-0.05, 0) is 12.3 Å². The van der Waals surface area contributed by atoms with Crippen molar-refractivity contribution in [2.75, 3.05) is 20.3 Å². The molecule has 0 saturated carbocycles. The predicted molar refractivity (Wildman–Crippen MR) is 65.7 cm³/mol. The SMILES string of the molecule is CCC(CN)S(=O)(=O)NC(COC)C(C)C. The summed E-state index contributed by atoms with van der Waals surface area (Å²) in [5.74, 6) is 0.185. The monoisotopic (exact) mass is 252 g/mol. The Bertz CT molecular complexity index is 274. The van der Waals surface area contributed by atoms with E-state index < -0.39 is 15.3 Å². The van der Waals surface area contributed by atoms with Gasteiger partial charge in [-0.3, -0.25) is 0 Å². The molecule has 0 bridgehead atoms. The van der Waals surface area contributed by atoms with Crippen molar-refractivity contribution in [2.24, 2.45) is 11.7 Å². The molecule has 2 atom stereocenters. The van der Waals surface area contributed by atoms with Crippen LogP contribution < -0.4 is 10.5 Å². The molecular weight excluding hydrogens is 228 g/mol. The summed E-state index contributed by atoms with van der Waals surface area (Å²) in [7, 11) is -1.78. The maximum atomic E-state index is 11.9. The zero-order valence-corrected chi connectivity index (χ0v) is 11.4. The highest BCUT2D eigenvalue weighted by molar-refractivity contribution is 7.90. The number of hydrogen-bond donors (Lipinski definition) is 2. The number of sulfonamides is 1. The average Bonchev–Trinajstić information content (AvgIpc) is 2.18. The third-order valence-electron chi connectivity index (χ3n) is 2.62. The van der Waals surface area contributed by atoms with Gasteiger partial charge in [0.1, 0.15) is 0 Å².